The lowest BCUT2D eigenvalue weighted by Crippen LogP contribution is -2.33. The highest BCUT2D eigenvalue weighted by atomic mass is 16.4. The summed E-state index contributed by atoms with van der Waals surface area (Å²) in [7, 11) is 0. The fourth-order valence-corrected chi connectivity index (χ4v) is 2.61. The van der Waals surface area contributed by atoms with Crippen molar-refractivity contribution in [1.82, 2.24) is 5.32 Å². The maximum atomic E-state index is 11.9. The number of hydrogen-bond donors (Lipinski definition) is 2. The molecule has 3 rings (SSSR count). The Hall–Kier alpha value is -3.08. The highest BCUT2D eigenvalue weighted by Gasteiger charge is 2.19. The van der Waals surface area contributed by atoms with Gasteiger partial charge in [-0.2, -0.15) is 0 Å². The fourth-order valence-electron chi connectivity index (χ4n) is 2.61. The number of carbonyl (C=O) groups is 2. The molecule has 24 heavy (non-hydrogen) atoms. The van der Waals surface area contributed by atoms with Gasteiger partial charge in [0.2, 0.25) is 0 Å². The van der Waals surface area contributed by atoms with Gasteiger partial charge >= 0.3 is 5.97 Å². The molecule has 0 spiro atoms. The third kappa shape index (κ3) is 3.63. The SMILES string of the molecule is O=C(NC[C@H](Cc1ccc2ccccc2c1)C(=O)O)c1ccoc1. The van der Waals surface area contributed by atoms with Crippen molar-refractivity contribution in [3.63, 3.8) is 0 Å². The van der Waals surface area contributed by atoms with Gasteiger partial charge in [0, 0.05) is 6.54 Å². The molecule has 2 aromatic carbocycles. The van der Waals surface area contributed by atoms with Crippen molar-refractivity contribution in [2.24, 2.45) is 5.92 Å². The molecule has 1 amide bonds. The van der Waals surface area contributed by atoms with Gasteiger partial charge in [-0.3, -0.25) is 9.59 Å². The molecule has 0 unspecified atom stereocenters. The Balaban J connectivity index is 1.68. The summed E-state index contributed by atoms with van der Waals surface area (Å²) in [4.78, 5) is 23.4. The zero-order valence-corrected chi connectivity index (χ0v) is 12.9. The van der Waals surface area contributed by atoms with Crippen molar-refractivity contribution in [2.45, 2.75) is 6.42 Å². The van der Waals surface area contributed by atoms with Gasteiger partial charge < -0.3 is 14.8 Å². The largest absolute Gasteiger partial charge is 0.481 e. The number of carboxylic acid groups (broad SMARTS) is 1. The van der Waals surface area contributed by atoms with E-state index in [0.29, 0.717) is 12.0 Å². The zero-order valence-electron chi connectivity index (χ0n) is 12.9. The molecule has 1 heterocycles. The van der Waals surface area contributed by atoms with E-state index in [0.717, 1.165) is 16.3 Å². The van der Waals surface area contributed by atoms with E-state index in [1.54, 1.807) is 0 Å². The molecule has 2 N–H and O–H groups in total. The van der Waals surface area contributed by atoms with Crippen molar-refractivity contribution < 1.29 is 19.1 Å². The third-order valence-electron chi connectivity index (χ3n) is 3.94. The molecule has 5 nitrogen and oxygen atoms in total. The number of rotatable bonds is 6. The molecule has 1 atom stereocenters. The van der Waals surface area contributed by atoms with Gasteiger partial charge in [-0.15, -0.1) is 0 Å². The van der Waals surface area contributed by atoms with Crippen LogP contribution >= 0.6 is 0 Å². The first kappa shape index (κ1) is 15.8. The fraction of sp³-hybridized carbons (Fsp3) is 0.158. The molecular weight excluding hydrogens is 306 g/mol. The Morgan fingerprint density at radius 3 is 2.58 bits per heavy atom. The Morgan fingerprint density at radius 1 is 1.08 bits per heavy atom. The van der Waals surface area contributed by atoms with Crippen molar-refractivity contribution in [1.29, 1.82) is 0 Å². The van der Waals surface area contributed by atoms with E-state index in [4.69, 9.17) is 4.42 Å². The van der Waals surface area contributed by atoms with Gasteiger partial charge in [-0.25, -0.2) is 0 Å². The number of fused-ring (bicyclic) bond motifs is 1. The maximum absolute atomic E-state index is 11.9. The number of aliphatic carboxylic acids is 1. The number of furan rings is 1. The van der Waals surface area contributed by atoms with Crippen LogP contribution in [0.2, 0.25) is 0 Å². The Morgan fingerprint density at radius 2 is 1.88 bits per heavy atom. The van der Waals surface area contributed by atoms with E-state index in [9.17, 15) is 14.7 Å². The second-order valence-corrected chi connectivity index (χ2v) is 5.64. The van der Waals surface area contributed by atoms with E-state index >= 15 is 0 Å². The Bertz CT molecular complexity index is 855. The molecule has 0 aliphatic carbocycles. The number of nitrogens with one attached hydrogen (secondary N) is 1. The van der Waals surface area contributed by atoms with Gasteiger partial charge in [0.1, 0.15) is 6.26 Å². The smallest absolute Gasteiger partial charge is 0.308 e. The van der Waals surface area contributed by atoms with Crippen molar-refractivity contribution in [3.05, 3.63) is 72.2 Å². The first-order valence-corrected chi connectivity index (χ1v) is 7.64. The highest BCUT2D eigenvalue weighted by Crippen LogP contribution is 2.18. The molecule has 0 saturated heterocycles. The number of hydrogen-bond acceptors (Lipinski definition) is 3. The number of benzene rings is 2. The van der Waals surface area contributed by atoms with Crippen LogP contribution in [0.4, 0.5) is 0 Å². The third-order valence-corrected chi connectivity index (χ3v) is 3.94. The van der Waals surface area contributed by atoms with Crippen LogP contribution in [0.1, 0.15) is 15.9 Å². The predicted molar refractivity (Wildman–Crippen MR) is 89.8 cm³/mol. The summed E-state index contributed by atoms with van der Waals surface area (Å²) >= 11 is 0. The molecule has 5 heteroatoms. The molecule has 0 aliphatic rings. The van der Waals surface area contributed by atoms with Crippen LogP contribution in [0.15, 0.2) is 65.5 Å². The first-order valence-electron chi connectivity index (χ1n) is 7.64. The number of carbonyl (C=O) groups excluding carboxylic acids is 1. The molecule has 1 aromatic heterocycles. The Kier molecular flexibility index (Phi) is 4.61. The van der Waals surface area contributed by atoms with Crippen LogP contribution in [0.5, 0.6) is 0 Å². The number of carboxylic acids is 1. The summed E-state index contributed by atoms with van der Waals surface area (Å²) in [5.41, 5.74) is 1.31. The lowest BCUT2D eigenvalue weighted by molar-refractivity contribution is -0.141. The van der Waals surface area contributed by atoms with E-state index in [-0.39, 0.29) is 12.5 Å². The maximum Gasteiger partial charge on any atom is 0.308 e. The predicted octanol–water partition coefficient (Wildman–Crippen LogP) is 3.11. The summed E-state index contributed by atoms with van der Waals surface area (Å²) < 4.78 is 4.85. The summed E-state index contributed by atoms with van der Waals surface area (Å²) in [5, 5.41) is 14.2. The molecule has 0 aliphatic heterocycles. The standard InChI is InChI=1S/C19H17NO4/c21-18(16-7-8-24-12-16)20-11-17(19(22)23)10-13-5-6-14-3-1-2-4-15(14)9-13/h1-9,12,17H,10-11H2,(H,20,21)(H,22,23)/t17-/m0/s1. The molecular formula is C19H17NO4. The van der Waals surface area contributed by atoms with Crippen LogP contribution in [-0.2, 0) is 11.2 Å². The van der Waals surface area contributed by atoms with Crippen LogP contribution in [0.3, 0.4) is 0 Å². The van der Waals surface area contributed by atoms with Gasteiger partial charge in [-0.1, -0.05) is 42.5 Å². The second kappa shape index (κ2) is 7.00. The van der Waals surface area contributed by atoms with Gasteiger partial charge in [-0.05, 0) is 28.8 Å². The van der Waals surface area contributed by atoms with Crippen LogP contribution in [0, 0.1) is 5.92 Å². The number of amides is 1. The van der Waals surface area contributed by atoms with Crippen molar-refractivity contribution in [3.8, 4) is 0 Å². The van der Waals surface area contributed by atoms with Gasteiger partial charge in [0.05, 0.1) is 17.7 Å². The quantitative estimate of drug-likeness (QED) is 0.730. The summed E-state index contributed by atoms with van der Waals surface area (Å²) in [6, 6.07) is 15.4. The molecule has 0 bridgehead atoms. The lowest BCUT2D eigenvalue weighted by atomic mass is 9.97. The molecule has 3 aromatic rings. The van der Waals surface area contributed by atoms with Crippen molar-refractivity contribution in [2.75, 3.05) is 6.54 Å². The Labute approximate surface area is 138 Å². The topological polar surface area (TPSA) is 79.5 Å². The van der Waals surface area contributed by atoms with E-state index in [1.807, 2.05) is 42.5 Å². The second-order valence-electron chi connectivity index (χ2n) is 5.64. The van der Waals surface area contributed by atoms with Crippen molar-refractivity contribution >= 4 is 22.6 Å². The highest BCUT2D eigenvalue weighted by molar-refractivity contribution is 5.94. The average molecular weight is 323 g/mol. The minimum Gasteiger partial charge on any atom is -0.481 e. The van der Waals surface area contributed by atoms with Crippen LogP contribution in [-0.4, -0.2) is 23.5 Å². The molecule has 0 fully saturated rings. The first-order chi connectivity index (χ1) is 11.6. The van der Waals surface area contributed by atoms with E-state index < -0.39 is 11.9 Å². The normalized spacial score (nSPS) is 12.0. The average Bonchev–Trinajstić information content (AvgIpc) is 3.12. The zero-order chi connectivity index (χ0) is 16.9. The molecule has 122 valence electrons. The van der Waals surface area contributed by atoms with Crippen LogP contribution in [0.25, 0.3) is 10.8 Å². The van der Waals surface area contributed by atoms with Gasteiger partial charge in [0.25, 0.3) is 5.91 Å². The van der Waals surface area contributed by atoms with Crippen LogP contribution < -0.4 is 5.32 Å². The lowest BCUT2D eigenvalue weighted by Gasteiger charge is -2.13. The summed E-state index contributed by atoms with van der Waals surface area (Å²) in [6.45, 7) is 0.0617. The van der Waals surface area contributed by atoms with E-state index in [1.165, 1.54) is 18.6 Å². The molecule has 0 radical (unpaired) electrons. The minimum atomic E-state index is -0.935. The van der Waals surface area contributed by atoms with Gasteiger partial charge in [0.15, 0.2) is 0 Å². The summed E-state index contributed by atoms with van der Waals surface area (Å²) in [6.07, 6.45) is 3.08. The molecule has 0 saturated carbocycles. The monoisotopic (exact) mass is 323 g/mol. The minimum absolute atomic E-state index is 0.0617. The van der Waals surface area contributed by atoms with E-state index in [2.05, 4.69) is 5.32 Å². The summed E-state index contributed by atoms with van der Waals surface area (Å²) in [5.74, 6) is -1.97.